The zero-order valence-electron chi connectivity index (χ0n) is 11.5. The van der Waals surface area contributed by atoms with Crippen LogP contribution < -0.4 is 5.32 Å². The third kappa shape index (κ3) is 3.84. The minimum Gasteiger partial charge on any atom is -0.387 e. The average molecular weight is 399 g/mol. The predicted octanol–water partition coefficient (Wildman–Crippen LogP) is 4.97. The Labute approximate surface area is 136 Å². The zero-order chi connectivity index (χ0) is 14.7. The van der Waals surface area contributed by atoms with Crippen LogP contribution in [0.4, 0.5) is 5.69 Å². The highest BCUT2D eigenvalue weighted by Gasteiger charge is 2.10. The Morgan fingerprint density at radius 2 is 1.90 bits per heavy atom. The molecule has 0 bridgehead atoms. The molecule has 106 valence electrons. The molecule has 2 nitrogen and oxygen atoms in total. The van der Waals surface area contributed by atoms with Crippen LogP contribution in [0, 0.1) is 13.8 Å². The van der Waals surface area contributed by atoms with Gasteiger partial charge >= 0.3 is 0 Å². The van der Waals surface area contributed by atoms with Crippen molar-refractivity contribution in [3.8, 4) is 0 Å². The number of hydrogen-bond acceptors (Lipinski definition) is 2. The van der Waals surface area contributed by atoms with Gasteiger partial charge in [-0.2, -0.15) is 0 Å². The van der Waals surface area contributed by atoms with Crippen LogP contribution in [0.2, 0.25) is 0 Å². The number of hydrogen-bond donors (Lipinski definition) is 2. The molecule has 0 aliphatic carbocycles. The van der Waals surface area contributed by atoms with E-state index in [9.17, 15) is 5.11 Å². The molecule has 0 fully saturated rings. The molecule has 2 aromatic carbocycles. The maximum absolute atomic E-state index is 10.2. The van der Waals surface area contributed by atoms with Gasteiger partial charge in [0, 0.05) is 15.5 Å². The summed E-state index contributed by atoms with van der Waals surface area (Å²) in [5.41, 5.74) is 4.31. The second-order valence-corrected chi connectivity index (χ2v) is 6.66. The molecule has 2 rings (SSSR count). The summed E-state index contributed by atoms with van der Waals surface area (Å²) in [6.07, 6.45) is -0.542. The average Bonchev–Trinajstić information content (AvgIpc) is 2.37. The molecule has 0 saturated carbocycles. The minimum atomic E-state index is -0.542. The van der Waals surface area contributed by atoms with Crippen molar-refractivity contribution in [2.24, 2.45) is 0 Å². The van der Waals surface area contributed by atoms with E-state index < -0.39 is 6.10 Å². The molecule has 0 aliphatic heterocycles. The topological polar surface area (TPSA) is 32.3 Å². The first kappa shape index (κ1) is 15.5. The van der Waals surface area contributed by atoms with Crippen molar-refractivity contribution < 1.29 is 5.11 Å². The molecule has 1 unspecified atom stereocenters. The molecule has 0 radical (unpaired) electrons. The van der Waals surface area contributed by atoms with Crippen LogP contribution in [0.25, 0.3) is 0 Å². The first-order valence-corrected chi connectivity index (χ1v) is 8.00. The lowest BCUT2D eigenvalue weighted by molar-refractivity contribution is 0.191. The van der Waals surface area contributed by atoms with Gasteiger partial charge in [0.1, 0.15) is 0 Å². The first-order valence-electron chi connectivity index (χ1n) is 6.41. The van der Waals surface area contributed by atoms with Crippen molar-refractivity contribution in [3.63, 3.8) is 0 Å². The van der Waals surface area contributed by atoms with Crippen LogP contribution >= 0.6 is 31.9 Å². The summed E-state index contributed by atoms with van der Waals surface area (Å²) in [5.74, 6) is 0. The van der Waals surface area contributed by atoms with Crippen LogP contribution in [0.15, 0.2) is 45.3 Å². The largest absolute Gasteiger partial charge is 0.387 e. The summed E-state index contributed by atoms with van der Waals surface area (Å²) in [6.45, 7) is 4.60. The lowest BCUT2D eigenvalue weighted by Gasteiger charge is -2.16. The molecule has 2 aromatic rings. The van der Waals surface area contributed by atoms with Crippen LogP contribution in [0.5, 0.6) is 0 Å². The fourth-order valence-electron chi connectivity index (χ4n) is 2.17. The van der Waals surface area contributed by atoms with Crippen LogP contribution in [-0.2, 0) is 0 Å². The molecule has 0 aliphatic rings. The Hall–Kier alpha value is -0.840. The molecular formula is C16H17Br2NO. The van der Waals surface area contributed by atoms with Gasteiger partial charge < -0.3 is 10.4 Å². The number of anilines is 1. The Kier molecular flexibility index (Phi) is 5.24. The Morgan fingerprint density at radius 3 is 2.55 bits per heavy atom. The lowest BCUT2D eigenvalue weighted by Crippen LogP contribution is -2.13. The SMILES string of the molecule is Cc1cc(C)c(NCC(O)c2cccc(Br)c2)c(Br)c1. The number of rotatable bonds is 4. The van der Waals surface area contributed by atoms with Crippen LogP contribution in [0.3, 0.4) is 0 Å². The fraction of sp³-hybridized carbons (Fsp3) is 0.250. The minimum absolute atomic E-state index is 0.471. The number of halogens is 2. The van der Waals surface area contributed by atoms with Gasteiger partial charge in [-0.25, -0.2) is 0 Å². The summed E-state index contributed by atoms with van der Waals surface area (Å²) in [5, 5.41) is 13.6. The number of aryl methyl sites for hydroxylation is 2. The second-order valence-electron chi connectivity index (χ2n) is 4.89. The summed E-state index contributed by atoms with van der Waals surface area (Å²) < 4.78 is 2.00. The van der Waals surface area contributed by atoms with Gasteiger partial charge in [0.15, 0.2) is 0 Å². The molecule has 0 heterocycles. The summed E-state index contributed by atoms with van der Waals surface area (Å²) in [4.78, 5) is 0. The smallest absolute Gasteiger partial charge is 0.0962 e. The van der Waals surface area contributed by atoms with Gasteiger partial charge in [0.2, 0.25) is 0 Å². The predicted molar refractivity (Wildman–Crippen MR) is 91.2 cm³/mol. The monoisotopic (exact) mass is 397 g/mol. The second kappa shape index (κ2) is 6.74. The third-order valence-corrected chi connectivity index (χ3v) is 4.26. The highest BCUT2D eigenvalue weighted by Crippen LogP contribution is 2.28. The zero-order valence-corrected chi connectivity index (χ0v) is 14.6. The van der Waals surface area contributed by atoms with E-state index in [0.717, 1.165) is 20.2 Å². The number of aliphatic hydroxyl groups excluding tert-OH is 1. The highest BCUT2D eigenvalue weighted by molar-refractivity contribution is 9.10. The molecule has 0 spiro atoms. The van der Waals surface area contributed by atoms with E-state index in [1.165, 1.54) is 11.1 Å². The van der Waals surface area contributed by atoms with Crippen LogP contribution in [0.1, 0.15) is 22.8 Å². The van der Waals surface area contributed by atoms with Crippen molar-refractivity contribution in [2.75, 3.05) is 11.9 Å². The van der Waals surface area contributed by atoms with Gasteiger partial charge in [-0.05, 0) is 64.7 Å². The number of nitrogens with one attached hydrogen (secondary N) is 1. The van der Waals surface area contributed by atoms with E-state index in [1.54, 1.807) is 0 Å². The fourth-order valence-corrected chi connectivity index (χ4v) is 3.40. The van der Waals surface area contributed by atoms with Crippen molar-refractivity contribution in [1.82, 2.24) is 0 Å². The van der Waals surface area contributed by atoms with Gasteiger partial charge in [0.05, 0.1) is 11.8 Å². The van der Waals surface area contributed by atoms with E-state index in [-0.39, 0.29) is 0 Å². The van der Waals surface area contributed by atoms with Gasteiger partial charge in [-0.15, -0.1) is 0 Å². The van der Waals surface area contributed by atoms with E-state index in [1.807, 2.05) is 24.3 Å². The van der Waals surface area contributed by atoms with Crippen molar-refractivity contribution in [1.29, 1.82) is 0 Å². The third-order valence-electron chi connectivity index (χ3n) is 3.14. The molecule has 2 N–H and O–H groups in total. The summed E-state index contributed by atoms with van der Waals surface area (Å²) in [7, 11) is 0. The van der Waals surface area contributed by atoms with E-state index in [4.69, 9.17) is 0 Å². The van der Waals surface area contributed by atoms with Crippen molar-refractivity contribution in [3.05, 3.63) is 62.0 Å². The van der Waals surface area contributed by atoms with Crippen LogP contribution in [-0.4, -0.2) is 11.7 Å². The Morgan fingerprint density at radius 1 is 1.15 bits per heavy atom. The normalized spacial score (nSPS) is 12.2. The number of aliphatic hydroxyl groups is 1. The van der Waals surface area contributed by atoms with E-state index >= 15 is 0 Å². The maximum atomic E-state index is 10.2. The maximum Gasteiger partial charge on any atom is 0.0962 e. The van der Waals surface area contributed by atoms with Crippen molar-refractivity contribution in [2.45, 2.75) is 20.0 Å². The number of benzene rings is 2. The lowest BCUT2D eigenvalue weighted by atomic mass is 10.1. The van der Waals surface area contributed by atoms with E-state index in [2.05, 4.69) is 63.2 Å². The molecule has 1 atom stereocenters. The standard InChI is InChI=1S/C16H17Br2NO/c1-10-6-11(2)16(14(18)7-10)19-9-15(20)12-4-3-5-13(17)8-12/h3-8,15,19-20H,9H2,1-2H3. The van der Waals surface area contributed by atoms with Gasteiger partial charge in [-0.1, -0.05) is 34.1 Å². The van der Waals surface area contributed by atoms with Gasteiger partial charge in [0.25, 0.3) is 0 Å². The molecule has 0 aromatic heterocycles. The Bertz CT molecular complexity index is 590. The Balaban J connectivity index is 2.09. The molecule has 4 heteroatoms. The summed E-state index contributed by atoms with van der Waals surface area (Å²) >= 11 is 6.98. The molecule has 0 saturated heterocycles. The quantitative estimate of drug-likeness (QED) is 0.761. The summed E-state index contributed by atoms with van der Waals surface area (Å²) in [6, 6.07) is 11.9. The molecule has 20 heavy (non-hydrogen) atoms. The molecular weight excluding hydrogens is 382 g/mol. The highest BCUT2D eigenvalue weighted by atomic mass is 79.9. The van der Waals surface area contributed by atoms with Crippen molar-refractivity contribution >= 4 is 37.5 Å². The van der Waals surface area contributed by atoms with E-state index in [0.29, 0.717) is 6.54 Å². The molecule has 0 amide bonds. The first-order chi connectivity index (χ1) is 9.47. The van der Waals surface area contributed by atoms with Gasteiger partial charge in [-0.3, -0.25) is 0 Å².